The second-order valence-electron chi connectivity index (χ2n) is 12.4. The first kappa shape index (κ1) is 29.4. The average molecular weight is 641 g/mol. The van der Waals surface area contributed by atoms with Gasteiger partial charge in [-0.3, -0.25) is 0 Å². The van der Waals surface area contributed by atoms with Gasteiger partial charge in [0.05, 0.1) is 0 Å². The van der Waals surface area contributed by atoms with Crippen LogP contribution in [-0.4, -0.2) is 4.98 Å². The molecule has 3 nitrogen and oxygen atoms in total. The zero-order valence-corrected chi connectivity index (χ0v) is 27.3. The molecule has 50 heavy (non-hydrogen) atoms. The smallest absolute Gasteiger partial charge is 0.227 e. The highest BCUT2D eigenvalue weighted by Gasteiger charge is 2.16. The van der Waals surface area contributed by atoms with Crippen LogP contribution in [0.2, 0.25) is 0 Å². The van der Waals surface area contributed by atoms with Crippen LogP contribution in [0.3, 0.4) is 0 Å². The predicted octanol–water partition coefficient (Wildman–Crippen LogP) is 13.1. The van der Waals surface area contributed by atoms with Crippen molar-refractivity contribution in [3.05, 3.63) is 194 Å². The molecule has 0 spiro atoms. The Labute approximate surface area is 291 Å². The molecule has 236 valence electrons. The molecule has 0 radical (unpaired) electrons. The maximum Gasteiger partial charge on any atom is 0.227 e. The van der Waals surface area contributed by atoms with Crippen molar-refractivity contribution in [3.63, 3.8) is 0 Å². The zero-order valence-electron chi connectivity index (χ0n) is 27.3. The fourth-order valence-electron chi connectivity index (χ4n) is 6.75. The lowest BCUT2D eigenvalue weighted by molar-refractivity contribution is 0.620. The SMILES string of the molecule is c1ccc(-c2cccc(N(c3ccc(-c4ccc5ccccc5c4)cc3)c3ccc(-c4cccc5oc(-c6ccccc6)nc45)cc3)c2)cc1. The minimum absolute atomic E-state index is 0.626. The molecule has 1 heterocycles. The maximum absolute atomic E-state index is 6.18. The Bertz CT molecular complexity index is 2570. The van der Waals surface area contributed by atoms with Crippen LogP contribution in [0.5, 0.6) is 0 Å². The number of nitrogens with zero attached hydrogens (tertiary/aromatic N) is 2. The molecule has 0 aliphatic rings. The van der Waals surface area contributed by atoms with Gasteiger partial charge in [0.25, 0.3) is 0 Å². The Morgan fingerprint density at radius 2 is 0.920 bits per heavy atom. The first-order valence-electron chi connectivity index (χ1n) is 16.9. The van der Waals surface area contributed by atoms with Crippen molar-refractivity contribution in [3.8, 4) is 44.8 Å². The van der Waals surface area contributed by atoms with Crippen molar-refractivity contribution in [2.24, 2.45) is 0 Å². The van der Waals surface area contributed by atoms with Gasteiger partial charge in [-0.05, 0) is 99.3 Å². The molecule has 0 unspecified atom stereocenters. The molecule has 0 saturated carbocycles. The van der Waals surface area contributed by atoms with Gasteiger partial charge in [-0.1, -0.05) is 133 Å². The van der Waals surface area contributed by atoms with E-state index in [0.717, 1.165) is 44.9 Å². The van der Waals surface area contributed by atoms with Gasteiger partial charge in [0.15, 0.2) is 5.58 Å². The average Bonchev–Trinajstić information content (AvgIpc) is 3.64. The highest BCUT2D eigenvalue weighted by atomic mass is 16.3. The largest absolute Gasteiger partial charge is 0.436 e. The molecule has 0 aliphatic carbocycles. The second kappa shape index (κ2) is 12.7. The third-order valence-corrected chi connectivity index (χ3v) is 9.30. The van der Waals surface area contributed by atoms with Gasteiger partial charge >= 0.3 is 0 Å². The minimum atomic E-state index is 0.626. The van der Waals surface area contributed by atoms with Crippen LogP contribution in [0.15, 0.2) is 199 Å². The molecule has 9 rings (SSSR count). The Hall–Kier alpha value is -6.71. The minimum Gasteiger partial charge on any atom is -0.436 e. The molecule has 0 amide bonds. The van der Waals surface area contributed by atoms with Crippen molar-refractivity contribution in [1.82, 2.24) is 4.98 Å². The van der Waals surface area contributed by atoms with E-state index in [1.165, 1.54) is 33.0 Å². The van der Waals surface area contributed by atoms with Gasteiger partial charge in [-0.25, -0.2) is 4.98 Å². The quantitative estimate of drug-likeness (QED) is 0.174. The second-order valence-corrected chi connectivity index (χ2v) is 12.4. The fourth-order valence-corrected chi connectivity index (χ4v) is 6.75. The normalized spacial score (nSPS) is 11.2. The van der Waals surface area contributed by atoms with Gasteiger partial charge < -0.3 is 9.32 Å². The third-order valence-electron chi connectivity index (χ3n) is 9.30. The summed E-state index contributed by atoms with van der Waals surface area (Å²) in [6.07, 6.45) is 0. The highest BCUT2D eigenvalue weighted by Crippen LogP contribution is 2.39. The molecular formula is C47H32N2O. The summed E-state index contributed by atoms with van der Waals surface area (Å²) in [6.45, 7) is 0. The van der Waals surface area contributed by atoms with Gasteiger partial charge in [0.1, 0.15) is 5.52 Å². The van der Waals surface area contributed by atoms with Crippen molar-refractivity contribution in [1.29, 1.82) is 0 Å². The standard InChI is InChI=1S/C47H32N2O/c1-3-11-33(12-4-1)39-17-9-18-43(32-39)49(41-27-23-35(24-28-41)40-22-21-34-13-7-8-16-38(34)31-40)42-29-25-36(26-30-42)44-19-10-20-45-46(44)48-47(50-45)37-14-5-2-6-15-37/h1-32H. The molecule has 3 heteroatoms. The molecule has 0 aliphatic heterocycles. The fraction of sp³-hybridized carbons (Fsp3) is 0. The van der Waals surface area contributed by atoms with E-state index < -0.39 is 0 Å². The van der Waals surface area contributed by atoms with Crippen LogP contribution < -0.4 is 4.90 Å². The topological polar surface area (TPSA) is 29.3 Å². The summed E-state index contributed by atoms with van der Waals surface area (Å²) in [5.41, 5.74) is 12.7. The molecule has 0 N–H and O–H groups in total. The van der Waals surface area contributed by atoms with Crippen LogP contribution in [-0.2, 0) is 0 Å². The molecule has 9 aromatic rings. The number of oxazole rings is 1. The predicted molar refractivity (Wildman–Crippen MR) is 208 cm³/mol. The lowest BCUT2D eigenvalue weighted by atomic mass is 10.0. The van der Waals surface area contributed by atoms with E-state index in [2.05, 4.69) is 157 Å². The molecule has 0 bridgehead atoms. The Morgan fingerprint density at radius 1 is 0.360 bits per heavy atom. The van der Waals surface area contributed by atoms with Crippen molar-refractivity contribution < 1.29 is 4.42 Å². The van der Waals surface area contributed by atoms with Crippen LogP contribution in [0.4, 0.5) is 17.1 Å². The number of para-hydroxylation sites is 1. The Morgan fingerprint density at radius 3 is 1.66 bits per heavy atom. The monoisotopic (exact) mass is 640 g/mol. The van der Waals surface area contributed by atoms with E-state index in [-0.39, 0.29) is 0 Å². The lowest BCUT2D eigenvalue weighted by Gasteiger charge is -2.26. The molecule has 1 aromatic heterocycles. The van der Waals surface area contributed by atoms with Gasteiger partial charge in [-0.15, -0.1) is 0 Å². The molecule has 0 fully saturated rings. The van der Waals surface area contributed by atoms with Crippen LogP contribution in [0, 0.1) is 0 Å². The number of aromatic nitrogens is 1. The summed E-state index contributed by atoms with van der Waals surface area (Å²) in [5.74, 6) is 0.626. The lowest BCUT2D eigenvalue weighted by Crippen LogP contribution is -2.10. The summed E-state index contributed by atoms with van der Waals surface area (Å²) < 4.78 is 6.18. The van der Waals surface area contributed by atoms with E-state index in [4.69, 9.17) is 9.40 Å². The molecule has 0 saturated heterocycles. The summed E-state index contributed by atoms with van der Waals surface area (Å²) in [6, 6.07) is 68.3. The van der Waals surface area contributed by atoms with E-state index in [1.54, 1.807) is 0 Å². The summed E-state index contributed by atoms with van der Waals surface area (Å²) in [7, 11) is 0. The number of hydrogen-bond donors (Lipinski definition) is 0. The van der Waals surface area contributed by atoms with Gasteiger partial charge in [0.2, 0.25) is 5.89 Å². The zero-order chi connectivity index (χ0) is 33.3. The van der Waals surface area contributed by atoms with Gasteiger partial charge in [-0.2, -0.15) is 0 Å². The van der Waals surface area contributed by atoms with E-state index >= 15 is 0 Å². The number of anilines is 3. The van der Waals surface area contributed by atoms with Crippen LogP contribution in [0.25, 0.3) is 66.7 Å². The first-order valence-corrected chi connectivity index (χ1v) is 16.9. The molecular weight excluding hydrogens is 609 g/mol. The number of hydrogen-bond acceptors (Lipinski definition) is 3. The first-order chi connectivity index (χ1) is 24.8. The summed E-state index contributed by atoms with van der Waals surface area (Å²) in [5, 5.41) is 2.49. The van der Waals surface area contributed by atoms with Crippen LogP contribution in [0.1, 0.15) is 0 Å². The van der Waals surface area contributed by atoms with Crippen molar-refractivity contribution >= 4 is 38.9 Å². The Balaban J connectivity index is 1.11. The van der Waals surface area contributed by atoms with Crippen molar-refractivity contribution in [2.75, 3.05) is 4.90 Å². The van der Waals surface area contributed by atoms with E-state index in [9.17, 15) is 0 Å². The molecule has 8 aromatic carbocycles. The Kier molecular flexibility index (Phi) is 7.49. The third kappa shape index (κ3) is 5.61. The maximum atomic E-state index is 6.18. The number of benzene rings is 8. The molecule has 0 atom stereocenters. The van der Waals surface area contributed by atoms with Gasteiger partial charge in [0, 0.05) is 28.2 Å². The summed E-state index contributed by atoms with van der Waals surface area (Å²) in [4.78, 5) is 7.25. The van der Waals surface area contributed by atoms with Crippen molar-refractivity contribution in [2.45, 2.75) is 0 Å². The highest BCUT2D eigenvalue weighted by molar-refractivity contribution is 5.93. The van der Waals surface area contributed by atoms with E-state index in [1.807, 2.05) is 42.5 Å². The number of fused-ring (bicyclic) bond motifs is 2. The summed E-state index contributed by atoms with van der Waals surface area (Å²) >= 11 is 0. The van der Waals surface area contributed by atoms with E-state index in [0.29, 0.717) is 5.89 Å². The van der Waals surface area contributed by atoms with Crippen LogP contribution >= 0.6 is 0 Å². The number of rotatable bonds is 7.